The summed E-state index contributed by atoms with van der Waals surface area (Å²) in [4.78, 5) is 0. The molecule has 0 unspecified atom stereocenters. The van der Waals surface area contributed by atoms with Gasteiger partial charge in [-0.3, -0.25) is 0 Å². The summed E-state index contributed by atoms with van der Waals surface area (Å²) in [7, 11) is 0. The molecule has 0 aliphatic heterocycles. The SMILES string of the molecule is Cc1cc(C)c(C2(N)CC2)c(O)c1C. The number of hydrogen-bond donors (Lipinski definition) is 2. The molecule has 0 heterocycles. The fourth-order valence-electron chi connectivity index (χ4n) is 2.08. The summed E-state index contributed by atoms with van der Waals surface area (Å²) >= 11 is 0. The lowest BCUT2D eigenvalue weighted by atomic mass is 9.93. The summed E-state index contributed by atoms with van der Waals surface area (Å²) < 4.78 is 0. The fraction of sp³-hybridized carbons (Fsp3) is 0.500. The van der Waals surface area contributed by atoms with Crippen LogP contribution in [0.25, 0.3) is 0 Å². The number of rotatable bonds is 1. The minimum Gasteiger partial charge on any atom is -0.507 e. The van der Waals surface area contributed by atoms with Gasteiger partial charge in [0.1, 0.15) is 5.75 Å². The number of phenolic OH excluding ortho intramolecular Hbond substituents is 1. The molecule has 1 fully saturated rings. The second kappa shape index (κ2) is 2.74. The number of aryl methyl sites for hydroxylation is 2. The number of phenols is 1. The molecule has 3 N–H and O–H groups in total. The van der Waals surface area contributed by atoms with Gasteiger partial charge in [0.2, 0.25) is 0 Å². The largest absolute Gasteiger partial charge is 0.507 e. The predicted octanol–water partition coefficient (Wildman–Crippen LogP) is 2.27. The molecule has 0 atom stereocenters. The maximum Gasteiger partial charge on any atom is 0.124 e. The Hall–Kier alpha value is -1.02. The molecular weight excluding hydrogens is 174 g/mol. The van der Waals surface area contributed by atoms with E-state index >= 15 is 0 Å². The van der Waals surface area contributed by atoms with Gasteiger partial charge in [0.25, 0.3) is 0 Å². The third kappa shape index (κ3) is 1.22. The van der Waals surface area contributed by atoms with Gasteiger partial charge in [0.05, 0.1) is 0 Å². The van der Waals surface area contributed by atoms with Gasteiger partial charge in [-0.25, -0.2) is 0 Å². The Morgan fingerprint density at radius 3 is 2.29 bits per heavy atom. The molecule has 14 heavy (non-hydrogen) atoms. The molecule has 2 rings (SSSR count). The van der Waals surface area contributed by atoms with Crippen molar-refractivity contribution in [1.29, 1.82) is 0 Å². The summed E-state index contributed by atoms with van der Waals surface area (Å²) in [5.74, 6) is 0.405. The molecule has 76 valence electrons. The molecule has 1 saturated carbocycles. The van der Waals surface area contributed by atoms with Gasteiger partial charge < -0.3 is 10.8 Å². The standard InChI is InChI=1S/C12H17NO/c1-7-6-8(2)10(11(14)9(7)3)12(13)4-5-12/h6,14H,4-5,13H2,1-3H3. The van der Waals surface area contributed by atoms with E-state index in [1.807, 2.05) is 20.8 Å². The first kappa shape index (κ1) is 9.53. The maximum absolute atomic E-state index is 10.1. The van der Waals surface area contributed by atoms with Crippen LogP contribution in [0, 0.1) is 20.8 Å². The Labute approximate surface area is 84.7 Å². The predicted molar refractivity (Wildman–Crippen MR) is 57.4 cm³/mol. The summed E-state index contributed by atoms with van der Waals surface area (Å²) in [5, 5.41) is 10.1. The van der Waals surface area contributed by atoms with Crippen LogP contribution in [0.3, 0.4) is 0 Å². The van der Waals surface area contributed by atoms with Crippen LogP contribution in [0.15, 0.2) is 6.07 Å². The molecule has 1 aliphatic rings. The first-order valence-electron chi connectivity index (χ1n) is 5.05. The Morgan fingerprint density at radius 2 is 1.79 bits per heavy atom. The first-order chi connectivity index (χ1) is 6.46. The maximum atomic E-state index is 10.1. The van der Waals surface area contributed by atoms with Gasteiger partial charge in [-0.05, 0) is 50.3 Å². The quantitative estimate of drug-likeness (QED) is 0.715. The van der Waals surface area contributed by atoms with Crippen molar-refractivity contribution in [3.63, 3.8) is 0 Å². The van der Waals surface area contributed by atoms with Crippen LogP contribution in [0.4, 0.5) is 0 Å². The minimum atomic E-state index is -0.243. The smallest absolute Gasteiger partial charge is 0.124 e. The van der Waals surface area contributed by atoms with Crippen molar-refractivity contribution in [2.75, 3.05) is 0 Å². The Bertz CT molecular complexity index is 392. The molecule has 0 bridgehead atoms. The van der Waals surface area contributed by atoms with Crippen molar-refractivity contribution >= 4 is 0 Å². The first-order valence-corrected chi connectivity index (χ1v) is 5.05. The van der Waals surface area contributed by atoms with Crippen molar-refractivity contribution < 1.29 is 5.11 Å². The molecule has 2 nitrogen and oxygen atoms in total. The third-order valence-corrected chi connectivity index (χ3v) is 3.30. The molecule has 1 aliphatic carbocycles. The summed E-state index contributed by atoms with van der Waals surface area (Å²) in [6.45, 7) is 5.98. The van der Waals surface area contributed by atoms with Crippen LogP contribution >= 0.6 is 0 Å². The lowest BCUT2D eigenvalue weighted by Gasteiger charge is -2.18. The van der Waals surface area contributed by atoms with E-state index in [9.17, 15) is 5.11 Å². The van der Waals surface area contributed by atoms with Crippen molar-refractivity contribution in [3.8, 4) is 5.75 Å². The molecule has 2 heteroatoms. The average molecular weight is 191 g/mol. The van der Waals surface area contributed by atoms with E-state index in [2.05, 4.69) is 6.07 Å². The van der Waals surface area contributed by atoms with E-state index in [0.29, 0.717) is 5.75 Å². The topological polar surface area (TPSA) is 46.2 Å². The zero-order valence-corrected chi connectivity index (χ0v) is 9.02. The van der Waals surface area contributed by atoms with Gasteiger partial charge in [-0.15, -0.1) is 0 Å². The highest BCUT2D eigenvalue weighted by Gasteiger charge is 2.43. The van der Waals surface area contributed by atoms with E-state index in [4.69, 9.17) is 5.73 Å². The van der Waals surface area contributed by atoms with Crippen LogP contribution in [0.1, 0.15) is 35.1 Å². The Kier molecular flexibility index (Phi) is 1.86. The second-order valence-electron chi connectivity index (χ2n) is 4.52. The van der Waals surface area contributed by atoms with E-state index in [1.54, 1.807) is 0 Å². The van der Waals surface area contributed by atoms with Gasteiger partial charge in [0, 0.05) is 11.1 Å². The molecule has 0 amide bonds. The summed E-state index contributed by atoms with van der Waals surface area (Å²) in [5.41, 5.74) is 10.1. The second-order valence-corrected chi connectivity index (χ2v) is 4.52. The summed E-state index contributed by atoms with van der Waals surface area (Å²) in [6, 6.07) is 2.11. The van der Waals surface area contributed by atoms with Gasteiger partial charge in [-0.1, -0.05) is 6.07 Å². The number of aromatic hydroxyl groups is 1. The molecule has 0 radical (unpaired) electrons. The fourth-order valence-corrected chi connectivity index (χ4v) is 2.08. The highest BCUT2D eigenvalue weighted by molar-refractivity contribution is 5.53. The van der Waals surface area contributed by atoms with Crippen molar-refractivity contribution in [2.45, 2.75) is 39.2 Å². The molecule has 1 aromatic rings. The van der Waals surface area contributed by atoms with Gasteiger partial charge >= 0.3 is 0 Å². The van der Waals surface area contributed by atoms with E-state index < -0.39 is 0 Å². The zero-order valence-electron chi connectivity index (χ0n) is 9.02. The van der Waals surface area contributed by atoms with E-state index in [1.165, 1.54) is 0 Å². The highest BCUT2D eigenvalue weighted by atomic mass is 16.3. The molecule has 0 aromatic heterocycles. The van der Waals surface area contributed by atoms with E-state index in [-0.39, 0.29) is 5.54 Å². The number of nitrogens with two attached hydrogens (primary N) is 1. The van der Waals surface area contributed by atoms with Crippen molar-refractivity contribution in [3.05, 3.63) is 28.3 Å². The van der Waals surface area contributed by atoms with Crippen LogP contribution in [0.2, 0.25) is 0 Å². The zero-order chi connectivity index (χ0) is 10.5. The van der Waals surface area contributed by atoms with Crippen molar-refractivity contribution in [2.24, 2.45) is 5.73 Å². The third-order valence-electron chi connectivity index (χ3n) is 3.30. The molecule has 0 spiro atoms. The number of benzene rings is 1. The summed E-state index contributed by atoms with van der Waals surface area (Å²) in [6.07, 6.45) is 1.98. The van der Waals surface area contributed by atoms with Gasteiger partial charge in [-0.2, -0.15) is 0 Å². The molecular formula is C12H17NO. The Balaban J connectivity index is 2.65. The lowest BCUT2D eigenvalue weighted by Crippen LogP contribution is -2.20. The van der Waals surface area contributed by atoms with Crippen LogP contribution < -0.4 is 5.73 Å². The molecule has 1 aromatic carbocycles. The van der Waals surface area contributed by atoms with Crippen LogP contribution in [-0.2, 0) is 5.54 Å². The average Bonchev–Trinajstić information content (AvgIpc) is 2.80. The normalized spacial score (nSPS) is 18.3. The monoisotopic (exact) mass is 191 g/mol. The van der Waals surface area contributed by atoms with E-state index in [0.717, 1.165) is 35.1 Å². The highest BCUT2D eigenvalue weighted by Crippen LogP contribution is 2.48. The number of hydrogen-bond acceptors (Lipinski definition) is 2. The molecule has 0 saturated heterocycles. The Morgan fingerprint density at radius 1 is 1.21 bits per heavy atom. The van der Waals surface area contributed by atoms with Gasteiger partial charge in [0.15, 0.2) is 0 Å². The minimum absolute atomic E-state index is 0.243. The van der Waals surface area contributed by atoms with Crippen LogP contribution in [-0.4, -0.2) is 5.11 Å². The van der Waals surface area contributed by atoms with Crippen molar-refractivity contribution in [1.82, 2.24) is 0 Å². The lowest BCUT2D eigenvalue weighted by molar-refractivity contribution is 0.454. The van der Waals surface area contributed by atoms with Crippen LogP contribution in [0.5, 0.6) is 5.75 Å².